The first-order valence-electron chi connectivity index (χ1n) is 11.4. The van der Waals surface area contributed by atoms with Crippen molar-refractivity contribution in [2.45, 2.75) is 26.5 Å². The number of H-pyrrole nitrogens is 1. The van der Waals surface area contributed by atoms with Crippen molar-refractivity contribution in [3.63, 3.8) is 0 Å². The number of fused-ring (bicyclic) bond motifs is 1. The number of aldehydes is 1. The molecule has 0 radical (unpaired) electrons. The van der Waals surface area contributed by atoms with Crippen LogP contribution in [0.2, 0.25) is 5.02 Å². The number of benzene rings is 2. The molecule has 0 fully saturated rings. The van der Waals surface area contributed by atoms with Gasteiger partial charge in [0.05, 0.1) is 23.3 Å². The molecule has 7 heteroatoms. The quantitative estimate of drug-likeness (QED) is 0.210. The molecule has 0 bridgehead atoms. The molecule has 0 aliphatic carbocycles. The first-order chi connectivity index (χ1) is 16.9. The van der Waals surface area contributed by atoms with E-state index in [2.05, 4.69) is 27.5 Å². The molecule has 0 saturated heterocycles. The van der Waals surface area contributed by atoms with Crippen LogP contribution in [0, 0.1) is 5.82 Å². The molecule has 1 N–H and O–H groups in total. The lowest BCUT2D eigenvalue weighted by Crippen LogP contribution is -2.28. The first-order valence-corrected chi connectivity index (χ1v) is 11.8. The smallest absolute Gasteiger partial charge is 0.150 e. The molecule has 5 nitrogen and oxygen atoms in total. The summed E-state index contributed by atoms with van der Waals surface area (Å²) >= 11 is 5.78. The lowest BCUT2D eigenvalue weighted by Gasteiger charge is -2.25. The number of nitrogens with one attached hydrogen (secondary N) is 1. The summed E-state index contributed by atoms with van der Waals surface area (Å²) in [5.41, 5.74) is 5.01. The van der Waals surface area contributed by atoms with Crippen LogP contribution in [0.3, 0.4) is 0 Å². The number of imidazole rings is 1. The number of hydrogen-bond acceptors (Lipinski definition) is 4. The third-order valence-corrected chi connectivity index (χ3v) is 6.10. The highest BCUT2D eigenvalue weighted by atomic mass is 35.5. The number of nitrogens with zero attached hydrogens (tertiary/aromatic N) is 2. The Morgan fingerprint density at radius 2 is 2.17 bits per heavy atom. The Morgan fingerprint density at radius 1 is 1.31 bits per heavy atom. The van der Waals surface area contributed by atoms with Gasteiger partial charge in [0.1, 0.15) is 24.5 Å². The molecular formula is C28H27ClFN3O2. The van der Waals surface area contributed by atoms with E-state index in [1.165, 1.54) is 11.6 Å². The van der Waals surface area contributed by atoms with Crippen LogP contribution in [0.5, 0.6) is 0 Å². The third-order valence-electron chi connectivity index (χ3n) is 5.87. The van der Waals surface area contributed by atoms with E-state index in [-0.39, 0.29) is 12.4 Å². The highest BCUT2D eigenvalue weighted by Gasteiger charge is 2.15. The number of allylic oxidation sites excluding steroid dienone is 5. The summed E-state index contributed by atoms with van der Waals surface area (Å²) in [4.78, 5) is 21.2. The molecule has 4 rings (SSSR count). The summed E-state index contributed by atoms with van der Waals surface area (Å²) in [5, 5.41) is 0.365. The van der Waals surface area contributed by atoms with Crippen molar-refractivity contribution >= 4 is 28.9 Å². The van der Waals surface area contributed by atoms with Crippen molar-refractivity contribution in [3.8, 4) is 0 Å². The number of ether oxygens (including phenoxy) is 1. The standard InChI is InChI=1S/C28H27ClFN3O2/c1-19(4-3-5-20(2)35-18-23-7-8-24(29)15-25(23)30)22-10-12-33(13-11-22)16-28-31-26-9-6-21(17-34)14-27(26)32-28/h3-10,14-15,17H,1,11-13,16,18H2,2H3,(H,31,32)/b4-3-,20-5+. The minimum Gasteiger partial charge on any atom is -0.493 e. The maximum Gasteiger partial charge on any atom is 0.150 e. The van der Waals surface area contributed by atoms with Crippen LogP contribution >= 0.6 is 11.6 Å². The normalized spacial score (nSPS) is 14.9. The average Bonchev–Trinajstić information content (AvgIpc) is 3.25. The minimum atomic E-state index is -0.375. The van der Waals surface area contributed by atoms with Gasteiger partial charge in [0.15, 0.2) is 0 Å². The van der Waals surface area contributed by atoms with E-state index in [0.29, 0.717) is 28.5 Å². The predicted octanol–water partition coefficient (Wildman–Crippen LogP) is 6.53. The van der Waals surface area contributed by atoms with E-state index >= 15 is 0 Å². The van der Waals surface area contributed by atoms with E-state index in [9.17, 15) is 9.18 Å². The number of carbonyl (C=O) groups excluding carboxylic acids is 1. The molecule has 0 amide bonds. The molecule has 2 heterocycles. The van der Waals surface area contributed by atoms with Gasteiger partial charge in [-0.2, -0.15) is 0 Å². The Bertz CT molecular complexity index is 1340. The fraction of sp³-hybridized carbons (Fsp3) is 0.214. The molecule has 35 heavy (non-hydrogen) atoms. The second-order valence-electron chi connectivity index (χ2n) is 8.48. The highest BCUT2D eigenvalue weighted by Crippen LogP contribution is 2.21. The molecule has 0 spiro atoms. The van der Waals surface area contributed by atoms with E-state index in [1.807, 2.05) is 37.3 Å². The van der Waals surface area contributed by atoms with Crippen LogP contribution in [0.15, 0.2) is 84.2 Å². The predicted molar refractivity (Wildman–Crippen MR) is 138 cm³/mol. The fourth-order valence-electron chi connectivity index (χ4n) is 3.87. The zero-order valence-electron chi connectivity index (χ0n) is 19.6. The first kappa shape index (κ1) is 24.6. The lowest BCUT2D eigenvalue weighted by molar-refractivity contribution is 0.112. The number of rotatable bonds is 9. The zero-order chi connectivity index (χ0) is 24.8. The lowest BCUT2D eigenvalue weighted by atomic mass is 10.0. The van der Waals surface area contributed by atoms with Gasteiger partial charge in [-0.1, -0.05) is 42.5 Å². The van der Waals surface area contributed by atoms with E-state index < -0.39 is 0 Å². The monoisotopic (exact) mass is 491 g/mol. The molecule has 180 valence electrons. The summed E-state index contributed by atoms with van der Waals surface area (Å²) in [7, 11) is 0. The Balaban J connectivity index is 1.27. The number of halogens is 2. The van der Waals surface area contributed by atoms with Gasteiger partial charge in [0, 0.05) is 29.2 Å². The van der Waals surface area contributed by atoms with Crippen molar-refractivity contribution in [1.29, 1.82) is 0 Å². The van der Waals surface area contributed by atoms with Gasteiger partial charge >= 0.3 is 0 Å². The minimum absolute atomic E-state index is 0.143. The Hall–Kier alpha value is -3.48. The largest absolute Gasteiger partial charge is 0.493 e. The summed E-state index contributed by atoms with van der Waals surface area (Å²) in [5.74, 6) is 1.19. The molecule has 0 saturated carbocycles. The summed E-state index contributed by atoms with van der Waals surface area (Å²) in [6.07, 6.45) is 9.62. The van der Waals surface area contributed by atoms with Gasteiger partial charge < -0.3 is 9.72 Å². The Kier molecular flexibility index (Phi) is 7.95. The highest BCUT2D eigenvalue weighted by molar-refractivity contribution is 6.30. The Labute approximate surface area is 209 Å². The number of hydrogen-bond donors (Lipinski definition) is 1. The van der Waals surface area contributed by atoms with Crippen LogP contribution in [-0.2, 0) is 17.9 Å². The SMILES string of the molecule is C=C(/C=C\C=C(/C)OCc1ccc(Cl)cc1F)C1=CCN(Cc2nc3ccc(C=O)cc3[nH]2)CC1. The van der Waals surface area contributed by atoms with Crippen molar-refractivity contribution < 1.29 is 13.9 Å². The van der Waals surface area contributed by atoms with Crippen molar-refractivity contribution in [2.24, 2.45) is 0 Å². The van der Waals surface area contributed by atoms with Crippen LogP contribution in [0.4, 0.5) is 4.39 Å². The van der Waals surface area contributed by atoms with Crippen LogP contribution < -0.4 is 0 Å². The third kappa shape index (κ3) is 6.56. The van der Waals surface area contributed by atoms with Gasteiger partial charge in [0.2, 0.25) is 0 Å². The van der Waals surface area contributed by atoms with Gasteiger partial charge in [-0.05, 0) is 60.9 Å². The maximum absolute atomic E-state index is 13.9. The molecule has 1 aliphatic rings. The summed E-state index contributed by atoms with van der Waals surface area (Å²) < 4.78 is 19.5. The Morgan fingerprint density at radius 3 is 2.91 bits per heavy atom. The van der Waals surface area contributed by atoms with Crippen LogP contribution in [0.1, 0.15) is 35.1 Å². The second-order valence-corrected chi connectivity index (χ2v) is 8.91. The number of carbonyl (C=O) groups is 1. The summed E-state index contributed by atoms with van der Waals surface area (Å²) in [6.45, 7) is 8.59. The number of aromatic amines is 1. The molecule has 0 atom stereocenters. The molecular weight excluding hydrogens is 465 g/mol. The van der Waals surface area contributed by atoms with Gasteiger partial charge in [-0.15, -0.1) is 0 Å². The maximum atomic E-state index is 13.9. The van der Waals surface area contributed by atoms with E-state index in [1.54, 1.807) is 18.2 Å². The molecule has 1 aliphatic heterocycles. The zero-order valence-corrected chi connectivity index (χ0v) is 20.3. The second kappa shape index (κ2) is 11.3. The number of aromatic nitrogens is 2. The van der Waals surface area contributed by atoms with Crippen molar-refractivity contribution in [2.75, 3.05) is 13.1 Å². The molecule has 1 aromatic heterocycles. The van der Waals surface area contributed by atoms with Crippen molar-refractivity contribution in [1.82, 2.24) is 14.9 Å². The van der Waals surface area contributed by atoms with Gasteiger partial charge in [-0.3, -0.25) is 9.69 Å². The fourth-order valence-corrected chi connectivity index (χ4v) is 4.03. The molecule has 2 aromatic carbocycles. The van der Waals surface area contributed by atoms with Crippen molar-refractivity contribution in [3.05, 3.63) is 112 Å². The van der Waals surface area contributed by atoms with Crippen LogP contribution in [0.25, 0.3) is 11.0 Å². The summed E-state index contributed by atoms with van der Waals surface area (Å²) in [6, 6.07) is 10.0. The van der Waals surface area contributed by atoms with E-state index in [4.69, 9.17) is 16.3 Å². The van der Waals surface area contributed by atoms with E-state index in [0.717, 1.165) is 48.2 Å². The topological polar surface area (TPSA) is 58.2 Å². The molecule has 3 aromatic rings. The van der Waals surface area contributed by atoms with Gasteiger partial charge in [-0.25, -0.2) is 9.37 Å². The van der Waals surface area contributed by atoms with Crippen LogP contribution in [-0.4, -0.2) is 34.2 Å². The molecule has 0 unspecified atom stereocenters. The average molecular weight is 492 g/mol. The van der Waals surface area contributed by atoms with Gasteiger partial charge in [0.25, 0.3) is 0 Å².